The lowest BCUT2D eigenvalue weighted by Gasteiger charge is -2.21. The maximum Gasteiger partial charge on any atom is 0.266 e. The first kappa shape index (κ1) is 18.1. The van der Waals surface area contributed by atoms with E-state index in [9.17, 15) is 9.18 Å². The van der Waals surface area contributed by atoms with Gasteiger partial charge in [0, 0.05) is 12.1 Å². The van der Waals surface area contributed by atoms with Crippen LogP contribution in [0.2, 0.25) is 0 Å². The van der Waals surface area contributed by atoms with E-state index >= 15 is 0 Å². The molecule has 1 aromatic rings. The van der Waals surface area contributed by atoms with Crippen LogP contribution in [-0.4, -0.2) is 21.7 Å². The Labute approximate surface area is 147 Å². The van der Waals surface area contributed by atoms with Crippen LogP contribution in [0, 0.1) is 11.7 Å². The number of nitrogens with zero attached hydrogens (tertiary/aromatic N) is 1. The summed E-state index contributed by atoms with van der Waals surface area (Å²) in [5.74, 6) is 0.0376. The Balaban J connectivity index is 2.12. The van der Waals surface area contributed by atoms with Crippen LogP contribution >= 0.6 is 24.0 Å². The number of halogens is 1. The molecule has 1 heterocycles. The number of carbonyl (C=O) groups is 1. The molecule has 0 saturated carbocycles. The molecular weight excluding hydrogens is 329 g/mol. The molecule has 2 nitrogen and oxygen atoms in total. The zero-order valence-corrected chi connectivity index (χ0v) is 15.2. The normalized spacial score (nSPS) is 18.0. The molecule has 0 aliphatic carbocycles. The highest BCUT2D eigenvalue weighted by molar-refractivity contribution is 8.26. The Kier molecular flexibility index (Phi) is 6.78. The molecule has 2 rings (SSSR count). The molecule has 0 spiro atoms. The molecule has 5 heteroatoms. The minimum Gasteiger partial charge on any atom is -0.293 e. The molecule has 124 valence electrons. The number of carbonyl (C=O) groups excluding carboxylic acids is 1. The average Bonchev–Trinajstić information content (AvgIpc) is 2.80. The molecule has 1 saturated heterocycles. The SMILES string of the molecule is CCCC[C@H](CC)CN1C(=O)/C(=C/c2ccccc2F)SC1=S. The molecule has 1 aromatic carbocycles. The van der Waals surface area contributed by atoms with Crippen LogP contribution < -0.4 is 0 Å². The summed E-state index contributed by atoms with van der Waals surface area (Å²) < 4.78 is 14.3. The molecule has 1 aliphatic rings. The zero-order chi connectivity index (χ0) is 16.8. The molecule has 1 fully saturated rings. The monoisotopic (exact) mass is 351 g/mol. The lowest BCUT2D eigenvalue weighted by molar-refractivity contribution is -0.122. The maximum atomic E-state index is 13.8. The summed E-state index contributed by atoms with van der Waals surface area (Å²) in [5.41, 5.74) is 0.422. The third-order valence-electron chi connectivity index (χ3n) is 4.05. The van der Waals surface area contributed by atoms with Crippen molar-refractivity contribution in [3.05, 3.63) is 40.6 Å². The third-order valence-corrected chi connectivity index (χ3v) is 5.43. The van der Waals surface area contributed by atoms with Crippen molar-refractivity contribution < 1.29 is 9.18 Å². The number of benzene rings is 1. The molecule has 1 atom stereocenters. The minimum atomic E-state index is -0.327. The second kappa shape index (κ2) is 8.60. The Hall–Kier alpha value is -1.20. The summed E-state index contributed by atoms with van der Waals surface area (Å²) in [6, 6.07) is 6.45. The first-order valence-electron chi connectivity index (χ1n) is 8.06. The van der Waals surface area contributed by atoms with Crippen LogP contribution in [0.4, 0.5) is 4.39 Å². The zero-order valence-electron chi connectivity index (χ0n) is 13.5. The second-order valence-electron chi connectivity index (χ2n) is 5.73. The van der Waals surface area contributed by atoms with Gasteiger partial charge in [-0.2, -0.15) is 0 Å². The van der Waals surface area contributed by atoms with Crippen molar-refractivity contribution >= 4 is 40.3 Å². The molecule has 1 amide bonds. The van der Waals surface area contributed by atoms with Gasteiger partial charge in [-0.1, -0.05) is 75.3 Å². The van der Waals surface area contributed by atoms with E-state index in [0.29, 0.717) is 27.3 Å². The molecule has 0 unspecified atom stereocenters. The van der Waals surface area contributed by atoms with Gasteiger partial charge < -0.3 is 0 Å². The Morgan fingerprint density at radius 1 is 1.35 bits per heavy atom. The van der Waals surface area contributed by atoms with Crippen LogP contribution in [0.3, 0.4) is 0 Å². The number of amides is 1. The van der Waals surface area contributed by atoms with E-state index < -0.39 is 0 Å². The van der Waals surface area contributed by atoms with Crippen LogP contribution in [0.25, 0.3) is 6.08 Å². The number of thiocarbonyl (C=S) groups is 1. The predicted octanol–water partition coefficient (Wildman–Crippen LogP) is 5.24. The summed E-state index contributed by atoms with van der Waals surface area (Å²) in [7, 11) is 0. The Bertz CT molecular complexity index is 615. The van der Waals surface area contributed by atoms with Crippen LogP contribution in [0.1, 0.15) is 45.1 Å². The topological polar surface area (TPSA) is 20.3 Å². The molecule has 0 radical (unpaired) electrons. The van der Waals surface area contributed by atoms with Gasteiger partial charge in [0.15, 0.2) is 0 Å². The minimum absolute atomic E-state index is 0.0989. The number of hydrogen-bond donors (Lipinski definition) is 0. The van der Waals surface area contributed by atoms with Crippen molar-refractivity contribution in [2.75, 3.05) is 6.54 Å². The van der Waals surface area contributed by atoms with Gasteiger partial charge in [-0.3, -0.25) is 9.69 Å². The molecule has 0 bridgehead atoms. The van der Waals surface area contributed by atoms with E-state index in [1.54, 1.807) is 29.2 Å². The Morgan fingerprint density at radius 3 is 2.74 bits per heavy atom. The lowest BCUT2D eigenvalue weighted by atomic mass is 9.99. The summed E-state index contributed by atoms with van der Waals surface area (Å²) >= 11 is 6.62. The largest absolute Gasteiger partial charge is 0.293 e. The predicted molar refractivity (Wildman–Crippen MR) is 99.6 cm³/mol. The molecular formula is C18H22FNOS2. The van der Waals surface area contributed by atoms with Gasteiger partial charge in [0.05, 0.1) is 4.91 Å². The van der Waals surface area contributed by atoms with Gasteiger partial charge in [-0.25, -0.2) is 4.39 Å². The molecule has 23 heavy (non-hydrogen) atoms. The van der Waals surface area contributed by atoms with Crippen molar-refractivity contribution in [2.24, 2.45) is 5.92 Å². The summed E-state index contributed by atoms with van der Waals surface area (Å²) in [6.45, 7) is 4.98. The van der Waals surface area contributed by atoms with Gasteiger partial charge >= 0.3 is 0 Å². The summed E-state index contributed by atoms with van der Waals surface area (Å²) in [6.07, 6.45) is 6.06. The fourth-order valence-corrected chi connectivity index (χ4v) is 3.83. The van der Waals surface area contributed by atoms with Crippen molar-refractivity contribution in [1.82, 2.24) is 4.90 Å². The lowest BCUT2D eigenvalue weighted by Crippen LogP contribution is -2.33. The summed E-state index contributed by atoms with van der Waals surface area (Å²) in [5, 5.41) is 0. The molecule has 0 aromatic heterocycles. The number of hydrogen-bond acceptors (Lipinski definition) is 3. The first-order valence-corrected chi connectivity index (χ1v) is 9.29. The quantitative estimate of drug-likeness (QED) is 0.495. The van der Waals surface area contributed by atoms with Gasteiger partial charge in [0.25, 0.3) is 5.91 Å². The third kappa shape index (κ3) is 4.64. The average molecular weight is 352 g/mol. The smallest absolute Gasteiger partial charge is 0.266 e. The van der Waals surface area contributed by atoms with E-state index in [1.165, 1.54) is 24.2 Å². The highest BCUT2D eigenvalue weighted by atomic mass is 32.2. The van der Waals surface area contributed by atoms with Crippen molar-refractivity contribution in [3.63, 3.8) is 0 Å². The van der Waals surface area contributed by atoms with E-state index in [-0.39, 0.29) is 11.7 Å². The number of unbranched alkanes of at least 4 members (excludes halogenated alkanes) is 1. The van der Waals surface area contributed by atoms with Gasteiger partial charge in [-0.05, 0) is 24.5 Å². The van der Waals surface area contributed by atoms with Gasteiger partial charge in [0.1, 0.15) is 10.1 Å². The maximum absolute atomic E-state index is 13.8. The van der Waals surface area contributed by atoms with Crippen LogP contribution in [0.15, 0.2) is 29.2 Å². The number of rotatable bonds is 7. The van der Waals surface area contributed by atoms with E-state index in [0.717, 1.165) is 19.3 Å². The number of thioether (sulfide) groups is 1. The highest BCUT2D eigenvalue weighted by Crippen LogP contribution is 2.34. The second-order valence-corrected chi connectivity index (χ2v) is 7.41. The van der Waals surface area contributed by atoms with Gasteiger partial charge in [0.2, 0.25) is 0 Å². The fraction of sp³-hybridized carbons (Fsp3) is 0.444. The van der Waals surface area contributed by atoms with Gasteiger partial charge in [-0.15, -0.1) is 0 Å². The first-order chi connectivity index (χ1) is 11.1. The highest BCUT2D eigenvalue weighted by Gasteiger charge is 2.33. The Morgan fingerprint density at radius 2 is 2.09 bits per heavy atom. The fourth-order valence-electron chi connectivity index (χ4n) is 2.57. The van der Waals surface area contributed by atoms with Crippen molar-refractivity contribution in [2.45, 2.75) is 39.5 Å². The van der Waals surface area contributed by atoms with Crippen molar-refractivity contribution in [3.8, 4) is 0 Å². The van der Waals surface area contributed by atoms with E-state index in [1.807, 2.05) is 0 Å². The molecule has 0 N–H and O–H groups in total. The molecule has 1 aliphatic heterocycles. The van der Waals surface area contributed by atoms with E-state index in [2.05, 4.69) is 13.8 Å². The summed E-state index contributed by atoms with van der Waals surface area (Å²) in [4.78, 5) is 14.8. The van der Waals surface area contributed by atoms with Crippen LogP contribution in [-0.2, 0) is 4.79 Å². The van der Waals surface area contributed by atoms with E-state index in [4.69, 9.17) is 12.2 Å². The van der Waals surface area contributed by atoms with Crippen LogP contribution in [0.5, 0.6) is 0 Å². The standard InChI is InChI=1S/C18H22FNOS2/c1-3-5-8-13(4-2)12-20-17(21)16(23-18(20)22)11-14-9-6-7-10-15(14)19/h6-7,9-11,13H,3-5,8,12H2,1-2H3/b16-11-/t13-/m0/s1. The van der Waals surface area contributed by atoms with Crippen molar-refractivity contribution in [1.29, 1.82) is 0 Å².